The Bertz CT molecular complexity index is 4770. The number of rotatable bonds is 9. The zero-order chi connectivity index (χ0) is 56.9. The van der Waals surface area contributed by atoms with Gasteiger partial charge in [0.2, 0.25) is 0 Å². The minimum Gasteiger partial charge on any atom is -0.454 e. The molecule has 404 valence electrons. The molecule has 2 heterocycles. The lowest BCUT2D eigenvalue weighted by molar-refractivity contribution is 0.669. The minimum absolute atomic E-state index is 0.660. The molecule has 0 aliphatic carbocycles. The Kier molecular flexibility index (Phi) is 14.4. The number of hydrogen-bond acceptors (Lipinski definition) is 4. The molecule has 0 atom stereocenters. The van der Waals surface area contributed by atoms with Crippen LogP contribution in [0.15, 0.2) is 336 Å². The van der Waals surface area contributed by atoms with Gasteiger partial charge in [-0.1, -0.05) is 266 Å². The fourth-order valence-electron chi connectivity index (χ4n) is 11.5. The topological polar surface area (TPSA) is 41.6 Å². The second-order valence-corrected chi connectivity index (χ2v) is 21.4. The van der Waals surface area contributed by atoms with Gasteiger partial charge in [0.15, 0.2) is 11.2 Å². The molecule has 0 aliphatic rings. The maximum atomic E-state index is 6.66. The maximum Gasteiger partial charge on any atom is 0.159 e. The van der Waals surface area contributed by atoms with Gasteiger partial charge >= 0.3 is 0 Å². The lowest BCUT2D eigenvalue weighted by atomic mass is 10.0. The zero-order valence-electron chi connectivity index (χ0n) is 46.3. The van der Waals surface area contributed by atoms with E-state index in [2.05, 4.69) is 295 Å². The first-order valence-corrected chi connectivity index (χ1v) is 28.9. The first-order chi connectivity index (χ1) is 42.1. The number of benzene rings is 14. The molecule has 0 saturated carbocycles. The van der Waals surface area contributed by atoms with E-state index in [1.807, 2.05) is 42.5 Å². The van der Waals surface area contributed by atoms with E-state index in [1.165, 1.54) is 66.1 Å². The highest BCUT2D eigenvalue weighted by Gasteiger charge is 2.21. The van der Waals surface area contributed by atoms with Crippen LogP contribution in [0.25, 0.3) is 110 Å². The van der Waals surface area contributed by atoms with E-state index >= 15 is 0 Å². The summed E-state index contributed by atoms with van der Waals surface area (Å²) in [5.74, 6) is 0. The summed E-state index contributed by atoms with van der Waals surface area (Å²) in [6, 6.07) is 114. The molecular formula is C80H55ClN2O2. The van der Waals surface area contributed by atoms with E-state index in [4.69, 9.17) is 20.4 Å². The Balaban J connectivity index is 0.000000125. The van der Waals surface area contributed by atoms with E-state index in [0.717, 1.165) is 72.3 Å². The van der Waals surface area contributed by atoms with Crippen molar-refractivity contribution >= 4 is 105 Å². The first-order valence-electron chi connectivity index (χ1n) is 28.6. The average Bonchev–Trinajstić information content (AvgIpc) is 2.08. The quantitative estimate of drug-likeness (QED) is 0.156. The molecule has 0 fully saturated rings. The van der Waals surface area contributed by atoms with Crippen LogP contribution in [0.4, 0.5) is 28.4 Å². The monoisotopic (exact) mass is 1110 g/mol. The SMILES string of the molecule is Clc1cccc2c1oc1ccc3ccccc3c12.c1ccc(-c2ccc(N(c3ccc(-c4ccccc4)cc3)c3cccc4c3oc3ccc5ccccc5c34)cc2)cc1.c1ccc(-c2ccc(Nc3ccc(-c4ccccc4)cc3)cc2)cc1. The van der Waals surface area contributed by atoms with Crippen LogP contribution in [-0.4, -0.2) is 0 Å². The van der Waals surface area contributed by atoms with Crippen molar-refractivity contribution in [2.75, 3.05) is 10.2 Å². The van der Waals surface area contributed by atoms with Gasteiger partial charge in [-0.2, -0.15) is 0 Å². The van der Waals surface area contributed by atoms with Gasteiger partial charge in [0, 0.05) is 44.3 Å². The molecule has 1 N–H and O–H groups in total. The zero-order valence-corrected chi connectivity index (χ0v) is 47.1. The summed E-state index contributed by atoms with van der Waals surface area (Å²) in [4.78, 5) is 2.30. The standard InChI is InChI=1S/C40H27NO.C24H19N.C16H9ClO/c1-3-10-28(11-4-1)30-18-23-33(24-19-30)41(34-25-20-31(21-26-34)29-12-5-2-6-13-29)37-17-9-16-36-39-35-15-8-7-14-32(35)22-27-38(39)42-40(36)37;1-3-7-19(8-4-1)21-11-15-23(16-12-21)25-24-17-13-22(14-18-24)20-9-5-2-6-10-20;17-13-7-3-6-12-15-11-5-2-1-4-10(11)8-9-14(15)18-16(12)13/h1-27H;1-18,25H;1-9H. The molecule has 5 heteroatoms. The van der Waals surface area contributed by atoms with Crippen LogP contribution >= 0.6 is 11.6 Å². The van der Waals surface area contributed by atoms with Gasteiger partial charge in [0.25, 0.3) is 0 Å². The molecule has 16 rings (SSSR count). The first kappa shape index (κ1) is 52.2. The van der Waals surface area contributed by atoms with E-state index in [1.54, 1.807) is 0 Å². The fourth-order valence-corrected chi connectivity index (χ4v) is 11.7. The Labute approximate surface area is 498 Å². The number of hydrogen-bond donors (Lipinski definition) is 1. The Morgan fingerprint density at radius 3 is 1.01 bits per heavy atom. The lowest BCUT2D eigenvalue weighted by Crippen LogP contribution is -2.10. The van der Waals surface area contributed by atoms with Gasteiger partial charge in [-0.05, 0) is 139 Å². The molecule has 0 bridgehead atoms. The average molecular weight is 1110 g/mol. The van der Waals surface area contributed by atoms with Crippen molar-refractivity contribution in [3.63, 3.8) is 0 Å². The second kappa shape index (κ2) is 23.5. The Hall–Kier alpha value is -10.9. The van der Waals surface area contributed by atoms with Crippen molar-refractivity contribution in [1.29, 1.82) is 0 Å². The Morgan fingerprint density at radius 2 is 0.588 bits per heavy atom. The molecule has 2 aromatic heterocycles. The number of fused-ring (bicyclic) bond motifs is 10. The number of halogens is 1. The van der Waals surface area contributed by atoms with Crippen molar-refractivity contribution in [2.45, 2.75) is 0 Å². The molecular weight excluding hydrogens is 1060 g/mol. The van der Waals surface area contributed by atoms with Crippen LogP contribution < -0.4 is 10.2 Å². The van der Waals surface area contributed by atoms with Crippen LogP contribution in [0.5, 0.6) is 0 Å². The van der Waals surface area contributed by atoms with Crippen LogP contribution in [0.1, 0.15) is 0 Å². The summed E-state index contributed by atoms with van der Waals surface area (Å²) >= 11 is 6.19. The summed E-state index contributed by atoms with van der Waals surface area (Å²) in [5, 5.41) is 13.5. The third kappa shape index (κ3) is 10.8. The molecule has 0 radical (unpaired) electrons. The van der Waals surface area contributed by atoms with Crippen molar-refractivity contribution in [3.8, 4) is 44.5 Å². The molecule has 14 aromatic carbocycles. The number of nitrogens with zero attached hydrogens (tertiary/aromatic N) is 1. The predicted octanol–water partition coefficient (Wildman–Crippen LogP) is 23.7. The van der Waals surface area contributed by atoms with Gasteiger partial charge in [-0.3, -0.25) is 0 Å². The third-order valence-corrected chi connectivity index (χ3v) is 16.0. The highest BCUT2D eigenvalue weighted by atomic mass is 35.5. The maximum absolute atomic E-state index is 6.66. The van der Waals surface area contributed by atoms with E-state index in [0.29, 0.717) is 5.02 Å². The summed E-state index contributed by atoms with van der Waals surface area (Å²) in [7, 11) is 0. The predicted molar refractivity (Wildman–Crippen MR) is 360 cm³/mol. The number of anilines is 5. The largest absolute Gasteiger partial charge is 0.454 e. The smallest absolute Gasteiger partial charge is 0.159 e. The molecule has 85 heavy (non-hydrogen) atoms. The van der Waals surface area contributed by atoms with Gasteiger partial charge < -0.3 is 19.1 Å². The van der Waals surface area contributed by atoms with Crippen molar-refractivity contribution < 1.29 is 8.83 Å². The highest BCUT2D eigenvalue weighted by molar-refractivity contribution is 6.36. The summed E-state index contributed by atoms with van der Waals surface area (Å²) < 4.78 is 12.5. The molecule has 4 nitrogen and oxygen atoms in total. The molecule has 16 aromatic rings. The van der Waals surface area contributed by atoms with Gasteiger partial charge in [-0.15, -0.1) is 0 Å². The highest BCUT2D eigenvalue weighted by Crippen LogP contribution is 2.45. The van der Waals surface area contributed by atoms with E-state index in [9.17, 15) is 0 Å². The van der Waals surface area contributed by atoms with Crippen molar-refractivity contribution in [3.05, 3.63) is 333 Å². The van der Waals surface area contributed by atoms with E-state index < -0.39 is 0 Å². The summed E-state index contributed by atoms with van der Waals surface area (Å²) in [6.45, 7) is 0. The number of furan rings is 2. The second-order valence-electron chi connectivity index (χ2n) is 21.0. The van der Waals surface area contributed by atoms with Crippen molar-refractivity contribution in [2.24, 2.45) is 0 Å². The normalized spacial score (nSPS) is 11.1. The van der Waals surface area contributed by atoms with Gasteiger partial charge in [-0.25, -0.2) is 0 Å². The number of nitrogens with one attached hydrogen (secondary N) is 1. The Morgan fingerprint density at radius 1 is 0.259 bits per heavy atom. The van der Waals surface area contributed by atoms with Crippen LogP contribution in [0.2, 0.25) is 5.02 Å². The number of para-hydroxylation sites is 2. The molecule has 0 unspecified atom stereocenters. The van der Waals surface area contributed by atoms with Crippen LogP contribution in [-0.2, 0) is 0 Å². The molecule has 0 amide bonds. The van der Waals surface area contributed by atoms with E-state index in [-0.39, 0.29) is 0 Å². The third-order valence-electron chi connectivity index (χ3n) is 15.7. The van der Waals surface area contributed by atoms with Crippen LogP contribution in [0, 0.1) is 0 Å². The summed E-state index contributed by atoms with van der Waals surface area (Å²) in [6.07, 6.45) is 0. The minimum atomic E-state index is 0.660. The van der Waals surface area contributed by atoms with Gasteiger partial charge in [0.05, 0.1) is 10.7 Å². The van der Waals surface area contributed by atoms with Crippen molar-refractivity contribution in [1.82, 2.24) is 0 Å². The molecule has 0 saturated heterocycles. The summed E-state index contributed by atoms with van der Waals surface area (Å²) in [5.41, 5.74) is 18.5. The fraction of sp³-hybridized carbons (Fsp3) is 0. The van der Waals surface area contributed by atoms with Gasteiger partial charge in [0.1, 0.15) is 11.2 Å². The molecule has 0 spiro atoms. The lowest BCUT2D eigenvalue weighted by Gasteiger charge is -2.26. The van der Waals surface area contributed by atoms with Crippen LogP contribution in [0.3, 0.4) is 0 Å². The molecule has 0 aliphatic heterocycles.